The molecule has 0 radical (unpaired) electrons. The summed E-state index contributed by atoms with van der Waals surface area (Å²) in [6.07, 6.45) is 5.59. The van der Waals surface area contributed by atoms with Crippen LogP contribution in [0.3, 0.4) is 0 Å². The summed E-state index contributed by atoms with van der Waals surface area (Å²) in [5.41, 5.74) is 1.69. The molecule has 1 aromatic heterocycles. The van der Waals surface area contributed by atoms with Crippen molar-refractivity contribution in [2.45, 2.75) is 57.4 Å². The Hall–Kier alpha value is -2.61. The molecular formula is C23H32N4O3S. The molecule has 1 saturated carbocycles. The summed E-state index contributed by atoms with van der Waals surface area (Å²) in [7, 11) is -0.747. The number of benzene rings is 1. The van der Waals surface area contributed by atoms with Gasteiger partial charge < -0.3 is 20.4 Å². The first-order valence-electron chi connectivity index (χ1n) is 10.9. The standard InChI is InChI=1S/C23H32N4O3S/c1-3-24-23(27-19-10-6-11-20(15-19)31(29)4-2)25-16-17-8-5-9-18(14-17)26-22(28)21-12-7-13-30-21/h5,7-9,12-14,19-20H,3-4,6,10-11,15-16H2,1-2H3,(H,26,28)(H2,24,25,27). The number of nitrogens with zero attached hydrogens (tertiary/aromatic N) is 1. The number of rotatable bonds is 8. The van der Waals surface area contributed by atoms with Gasteiger partial charge in [-0.15, -0.1) is 0 Å². The van der Waals surface area contributed by atoms with Crippen LogP contribution in [-0.4, -0.2) is 39.7 Å². The van der Waals surface area contributed by atoms with Gasteiger partial charge >= 0.3 is 0 Å². The van der Waals surface area contributed by atoms with Crippen LogP contribution >= 0.6 is 0 Å². The number of hydrogen-bond acceptors (Lipinski definition) is 4. The van der Waals surface area contributed by atoms with Crippen LogP contribution in [0.15, 0.2) is 52.1 Å². The lowest BCUT2D eigenvalue weighted by molar-refractivity contribution is 0.0996. The number of aliphatic imine (C=N–C) groups is 1. The summed E-state index contributed by atoms with van der Waals surface area (Å²) in [6, 6.07) is 11.2. The second-order valence-corrected chi connectivity index (χ2v) is 9.63. The van der Waals surface area contributed by atoms with Gasteiger partial charge in [0.25, 0.3) is 5.91 Å². The highest BCUT2D eigenvalue weighted by atomic mass is 32.2. The van der Waals surface area contributed by atoms with Gasteiger partial charge in [-0.2, -0.15) is 0 Å². The van der Waals surface area contributed by atoms with Crippen molar-refractivity contribution in [3.05, 3.63) is 54.0 Å². The van der Waals surface area contributed by atoms with Crippen molar-refractivity contribution in [2.75, 3.05) is 17.6 Å². The number of carbonyl (C=O) groups is 1. The molecule has 1 aromatic carbocycles. The van der Waals surface area contributed by atoms with Crippen molar-refractivity contribution in [3.8, 4) is 0 Å². The molecule has 1 fully saturated rings. The Morgan fingerprint density at radius 2 is 2.10 bits per heavy atom. The Balaban J connectivity index is 1.61. The van der Waals surface area contributed by atoms with E-state index in [-0.39, 0.29) is 23.0 Å². The highest BCUT2D eigenvalue weighted by Crippen LogP contribution is 2.23. The third-order valence-electron chi connectivity index (χ3n) is 5.32. The SMILES string of the molecule is CCNC(=NCc1cccc(NC(=O)c2ccco2)c1)NC1CCCC(S(=O)CC)C1. The molecule has 3 rings (SSSR count). The quantitative estimate of drug-likeness (QED) is 0.427. The molecule has 1 aliphatic carbocycles. The van der Waals surface area contributed by atoms with Crippen LogP contribution in [0, 0.1) is 0 Å². The highest BCUT2D eigenvalue weighted by molar-refractivity contribution is 7.85. The molecule has 1 aliphatic rings. The summed E-state index contributed by atoms with van der Waals surface area (Å²) < 4.78 is 17.4. The van der Waals surface area contributed by atoms with Crippen molar-refractivity contribution in [1.82, 2.24) is 10.6 Å². The van der Waals surface area contributed by atoms with Gasteiger partial charge in [0, 0.05) is 40.1 Å². The van der Waals surface area contributed by atoms with Crippen LogP contribution < -0.4 is 16.0 Å². The van der Waals surface area contributed by atoms with E-state index in [1.165, 1.54) is 6.26 Å². The third-order valence-corrected chi connectivity index (χ3v) is 7.06. The van der Waals surface area contributed by atoms with E-state index in [1.54, 1.807) is 12.1 Å². The van der Waals surface area contributed by atoms with E-state index >= 15 is 0 Å². The Bertz CT molecular complexity index is 898. The molecule has 168 valence electrons. The van der Waals surface area contributed by atoms with Crippen LogP contribution in [0.5, 0.6) is 0 Å². The van der Waals surface area contributed by atoms with E-state index in [0.29, 0.717) is 12.2 Å². The maximum absolute atomic E-state index is 12.2. The topological polar surface area (TPSA) is 95.7 Å². The molecule has 3 atom stereocenters. The van der Waals surface area contributed by atoms with E-state index in [0.717, 1.165) is 49.5 Å². The molecule has 7 nitrogen and oxygen atoms in total. The van der Waals surface area contributed by atoms with Gasteiger partial charge in [-0.3, -0.25) is 9.00 Å². The first-order valence-corrected chi connectivity index (χ1v) is 12.3. The Morgan fingerprint density at radius 1 is 1.23 bits per heavy atom. The fourth-order valence-electron chi connectivity index (χ4n) is 3.78. The minimum absolute atomic E-state index is 0.272. The smallest absolute Gasteiger partial charge is 0.291 e. The maximum atomic E-state index is 12.2. The van der Waals surface area contributed by atoms with E-state index in [9.17, 15) is 9.00 Å². The number of hydrogen-bond donors (Lipinski definition) is 3. The fourth-order valence-corrected chi connectivity index (χ4v) is 5.13. The Labute approximate surface area is 186 Å². The molecule has 3 N–H and O–H groups in total. The molecule has 0 bridgehead atoms. The molecule has 3 unspecified atom stereocenters. The molecule has 31 heavy (non-hydrogen) atoms. The second-order valence-electron chi connectivity index (χ2n) is 7.63. The zero-order valence-electron chi connectivity index (χ0n) is 18.2. The van der Waals surface area contributed by atoms with Crippen LogP contribution in [0.2, 0.25) is 0 Å². The van der Waals surface area contributed by atoms with E-state index in [2.05, 4.69) is 16.0 Å². The predicted molar refractivity (Wildman–Crippen MR) is 126 cm³/mol. The Morgan fingerprint density at radius 3 is 2.84 bits per heavy atom. The maximum Gasteiger partial charge on any atom is 0.291 e. The number of furan rings is 1. The van der Waals surface area contributed by atoms with Crippen LogP contribution in [0.1, 0.15) is 55.6 Å². The van der Waals surface area contributed by atoms with Crippen molar-refractivity contribution in [2.24, 2.45) is 4.99 Å². The number of nitrogens with one attached hydrogen (secondary N) is 3. The highest BCUT2D eigenvalue weighted by Gasteiger charge is 2.26. The molecule has 8 heteroatoms. The van der Waals surface area contributed by atoms with Gasteiger partial charge in [0.2, 0.25) is 0 Å². The predicted octanol–water partition coefficient (Wildman–Crippen LogP) is 3.67. The summed E-state index contributed by atoms with van der Waals surface area (Å²) in [6.45, 7) is 5.28. The van der Waals surface area contributed by atoms with E-state index in [4.69, 9.17) is 9.41 Å². The van der Waals surface area contributed by atoms with Crippen LogP contribution in [-0.2, 0) is 17.3 Å². The van der Waals surface area contributed by atoms with Gasteiger partial charge in [0.05, 0.1) is 12.8 Å². The third kappa shape index (κ3) is 6.95. The van der Waals surface area contributed by atoms with Gasteiger partial charge in [0.15, 0.2) is 11.7 Å². The first-order chi connectivity index (χ1) is 15.1. The van der Waals surface area contributed by atoms with E-state index in [1.807, 2.05) is 38.1 Å². The van der Waals surface area contributed by atoms with Crippen molar-refractivity contribution < 1.29 is 13.4 Å². The number of amides is 1. The molecular weight excluding hydrogens is 412 g/mol. The Kier molecular flexibility index (Phi) is 8.70. The summed E-state index contributed by atoms with van der Waals surface area (Å²) in [4.78, 5) is 16.9. The molecule has 0 spiro atoms. The molecule has 1 heterocycles. The summed E-state index contributed by atoms with van der Waals surface area (Å²) in [5, 5.41) is 9.94. The lowest BCUT2D eigenvalue weighted by Gasteiger charge is -2.30. The first kappa shape index (κ1) is 23.1. The lowest BCUT2D eigenvalue weighted by Crippen LogP contribution is -2.46. The van der Waals surface area contributed by atoms with Gasteiger partial charge in [0.1, 0.15) is 0 Å². The number of carbonyl (C=O) groups excluding carboxylic acids is 1. The van der Waals surface area contributed by atoms with Crippen LogP contribution in [0.25, 0.3) is 0 Å². The second kappa shape index (κ2) is 11.7. The van der Waals surface area contributed by atoms with Gasteiger partial charge in [-0.05, 0) is 56.0 Å². The largest absolute Gasteiger partial charge is 0.459 e. The monoisotopic (exact) mass is 444 g/mol. The van der Waals surface area contributed by atoms with Crippen LogP contribution in [0.4, 0.5) is 5.69 Å². The number of anilines is 1. The minimum Gasteiger partial charge on any atom is -0.459 e. The average Bonchev–Trinajstić information content (AvgIpc) is 3.33. The van der Waals surface area contributed by atoms with Crippen molar-refractivity contribution in [1.29, 1.82) is 0 Å². The molecule has 0 saturated heterocycles. The number of guanidine groups is 1. The fraction of sp³-hybridized carbons (Fsp3) is 0.478. The zero-order valence-corrected chi connectivity index (χ0v) is 19.0. The molecule has 1 amide bonds. The summed E-state index contributed by atoms with van der Waals surface area (Å²) in [5.74, 6) is 1.48. The van der Waals surface area contributed by atoms with Gasteiger partial charge in [-0.25, -0.2) is 4.99 Å². The lowest BCUT2D eigenvalue weighted by atomic mass is 9.95. The summed E-state index contributed by atoms with van der Waals surface area (Å²) >= 11 is 0. The van der Waals surface area contributed by atoms with Crippen molar-refractivity contribution in [3.63, 3.8) is 0 Å². The molecule has 0 aliphatic heterocycles. The average molecular weight is 445 g/mol. The minimum atomic E-state index is -0.747. The zero-order chi connectivity index (χ0) is 22.1. The van der Waals surface area contributed by atoms with Crippen molar-refractivity contribution >= 4 is 28.4 Å². The normalized spacial score (nSPS) is 20.1. The van der Waals surface area contributed by atoms with E-state index < -0.39 is 10.8 Å². The molecule has 2 aromatic rings. The van der Waals surface area contributed by atoms with Gasteiger partial charge in [-0.1, -0.05) is 25.5 Å².